The van der Waals surface area contributed by atoms with E-state index >= 15 is 4.39 Å². The fraction of sp³-hybridized carbons (Fsp3) is 0.318. The van der Waals surface area contributed by atoms with Gasteiger partial charge < -0.3 is 35.2 Å². The summed E-state index contributed by atoms with van der Waals surface area (Å²) in [4.78, 5) is 17.4. The molecule has 0 aliphatic heterocycles. The number of hydrogen-bond acceptors (Lipinski definition) is 8. The molecule has 6 rings (SSSR count). The van der Waals surface area contributed by atoms with Crippen molar-refractivity contribution in [3.05, 3.63) is 129 Å². The minimum Gasteiger partial charge on any atom is -0.488 e. The summed E-state index contributed by atoms with van der Waals surface area (Å²) in [7, 11) is 5.91. The van der Waals surface area contributed by atoms with Crippen molar-refractivity contribution in [2.45, 2.75) is 65.0 Å². The van der Waals surface area contributed by atoms with Gasteiger partial charge in [0.1, 0.15) is 30.5 Å². The summed E-state index contributed by atoms with van der Waals surface area (Å²) in [6, 6.07) is 21.6. The van der Waals surface area contributed by atoms with E-state index in [1.165, 1.54) is 5.56 Å². The van der Waals surface area contributed by atoms with Crippen molar-refractivity contribution in [2.75, 3.05) is 33.0 Å². The SMILES string of the molecule is CNc1cncc(COc2cc(OCc3cccc(-c4cccc(-c5cc6c(cc5F)C(N(C)C)CC6)c4C)c3C)c(Cl)cc2CNC[C@@H](O)CC(=O)O)c1. The lowest BCUT2D eigenvalue weighted by molar-refractivity contribution is -0.139. The number of aromatic nitrogens is 1. The standard InChI is InChI=1S/C44H48ClFN4O5/c1-26-30(8-6-9-34(26)35-10-7-11-36(27(35)2)38-15-29-12-13-41(50(4)5)37(29)18-40(38)46)25-55-43-19-42(54-24-28-14-32(47-3)22-48-20-28)31(16-39(43)45)21-49-23-33(51)17-44(52)53/h6-11,14-16,18-20,22,33,41,47,49,51H,12-13,17,21,23-25H2,1-5H3,(H,52,53)/t33-,41?/m0/s1. The molecule has 5 aromatic rings. The largest absolute Gasteiger partial charge is 0.488 e. The van der Waals surface area contributed by atoms with Gasteiger partial charge in [0.05, 0.1) is 23.2 Å². The van der Waals surface area contributed by atoms with Gasteiger partial charge in [0.2, 0.25) is 0 Å². The maximum absolute atomic E-state index is 15.8. The number of ether oxygens (including phenoxy) is 2. The van der Waals surface area contributed by atoms with E-state index < -0.39 is 12.1 Å². The molecule has 0 amide bonds. The molecule has 1 unspecified atom stereocenters. The highest BCUT2D eigenvalue weighted by Gasteiger charge is 2.27. The lowest BCUT2D eigenvalue weighted by Gasteiger charge is -2.21. The van der Waals surface area contributed by atoms with Gasteiger partial charge in [-0.1, -0.05) is 48.0 Å². The molecule has 4 N–H and O–H groups in total. The zero-order chi connectivity index (χ0) is 39.2. The first kappa shape index (κ1) is 39.7. The van der Waals surface area contributed by atoms with Crippen molar-refractivity contribution >= 4 is 23.3 Å². The number of pyridine rings is 1. The van der Waals surface area contributed by atoms with E-state index in [0.29, 0.717) is 27.6 Å². The first-order valence-corrected chi connectivity index (χ1v) is 18.8. The number of aliphatic hydroxyl groups is 1. The molecule has 1 aliphatic rings. The van der Waals surface area contributed by atoms with E-state index in [1.807, 2.05) is 57.5 Å². The summed E-state index contributed by atoms with van der Waals surface area (Å²) in [5.41, 5.74) is 11.3. The number of carbonyl (C=O) groups is 1. The van der Waals surface area contributed by atoms with Crippen LogP contribution in [0, 0.1) is 19.7 Å². The lowest BCUT2D eigenvalue weighted by atomic mass is 9.88. The fourth-order valence-corrected chi connectivity index (χ4v) is 7.57. The normalized spacial score (nSPS) is 14.2. The Bertz CT molecular complexity index is 2180. The molecular formula is C44H48ClFN4O5. The second kappa shape index (κ2) is 17.6. The molecule has 11 heteroatoms. The number of carboxylic acid groups (broad SMARTS) is 1. The topological polar surface area (TPSA) is 116 Å². The third kappa shape index (κ3) is 9.28. The number of aliphatic hydroxyl groups excluding tert-OH is 1. The van der Waals surface area contributed by atoms with Crippen LogP contribution in [0.15, 0.2) is 79.1 Å². The van der Waals surface area contributed by atoms with Crippen molar-refractivity contribution in [1.82, 2.24) is 15.2 Å². The number of fused-ring (bicyclic) bond motifs is 1. The van der Waals surface area contributed by atoms with Gasteiger partial charge >= 0.3 is 5.97 Å². The van der Waals surface area contributed by atoms with Crippen LogP contribution in [0.1, 0.15) is 57.8 Å². The van der Waals surface area contributed by atoms with Crippen LogP contribution < -0.4 is 20.1 Å². The molecule has 1 aromatic heterocycles. The Balaban J connectivity index is 1.24. The predicted octanol–water partition coefficient (Wildman–Crippen LogP) is 8.50. The van der Waals surface area contributed by atoms with Gasteiger partial charge in [-0.25, -0.2) is 4.39 Å². The first-order valence-electron chi connectivity index (χ1n) is 18.4. The van der Waals surface area contributed by atoms with Gasteiger partial charge in [-0.15, -0.1) is 0 Å². The summed E-state index contributed by atoms with van der Waals surface area (Å²) in [5, 5.41) is 25.6. The monoisotopic (exact) mass is 766 g/mol. The van der Waals surface area contributed by atoms with Crippen molar-refractivity contribution in [3.8, 4) is 33.8 Å². The van der Waals surface area contributed by atoms with E-state index in [9.17, 15) is 9.90 Å². The van der Waals surface area contributed by atoms with Gasteiger partial charge in [-0.2, -0.15) is 0 Å². The molecule has 9 nitrogen and oxygen atoms in total. The number of aliphatic carboxylic acids is 1. The third-order valence-corrected chi connectivity index (χ3v) is 10.6. The van der Waals surface area contributed by atoms with Crippen LogP contribution in [0.4, 0.5) is 10.1 Å². The smallest absolute Gasteiger partial charge is 0.306 e. The Morgan fingerprint density at radius 1 is 0.945 bits per heavy atom. The Morgan fingerprint density at radius 2 is 1.65 bits per heavy atom. The number of aryl methyl sites for hydroxylation is 1. The highest BCUT2D eigenvalue weighted by atomic mass is 35.5. The van der Waals surface area contributed by atoms with Gasteiger partial charge in [0.15, 0.2) is 0 Å². The van der Waals surface area contributed by atoms with Crippen molar-refractivity contribution in [2.24, 2.45) is 0 Å². The molecule has 0 bridgehead atoms. The lowest BCUT2D eigenvalue weighted by Crippen LogP contribution is -2.28. The molecule has 288 valence electrons. The van der Waals surface area contributed by atoms with Crippen molar-refractivity contribution in [1.29, 1.82) is 0 Å². The minimum atomic E-state index is -1.08. The number of carboxylic acids is 1. The number of hydrogen-bond donors (Lipinski definition) is 4. The molecule has 1 heterocycles. The number of rotatable bonds is 16. The average molecular weight is 767 g/mol. The number of benzene rings is 4. The van der Waals surface area contributed by atoms with Crippen LogP contribution in [0.3, 0.4) is 0 Å². The molecule has 2 atom stereocenters. The van der Waals surface area contributed by atoms with Crippen LogP contribution in [0.2, 0.25) is 5.02 Å². The van der Waals surface area contributed by atoms with E-state index in [0.717, 1.165) is 63.0 Å². The molecule has 0 radical (unpaired) electrons. The summed E-state index contributed by atoms with van der Waals surface area (Å²) in [5.74, 6) is -0.329. The zero-order valence-corrected chi connectivity index (χ0v) is 32.6. The molecule has 0 saturated carbocycles. The third-order valence-electron chi connectivity index (χ3n) is 10.3. The van der Waals surface area contributed by atoms with Crippen LogP contribution in [0.25, 0.3) is 22.3 Å². The van der Waals surface area contributed by atoms with E-state index in [-0.39, 0.29) is 44.6 Å². The highest BCUT2D eigenvalue weighted by molar-refractivity contribution is 6.32. The number of nitrogens with one attached hydrogen (secondary N) is 2. The van der Waals surface area contributed by atoms with Crippen LogP contribution in [-0.4, -0.2) is 59.9 Å². The first-order chi connectivity index (χ1) is 26.4. The minimum absolute atomic E-state index is 0.0766. The van der Waals surface area contributed by atoms with Gasteiger partial charge in [0.25, 0.3) is 0 Å². The second-order valence-electron chi connectivity index (χ2n) is 14.3. The highest BCUT2D eigenvalue weighted by Crippen LogP contribution is 2.41. The number of anilines is 1. The number of nitrogens with zero attached hydrogens (tertiary/aromatic N) is 2. The average Bonchev–Trinajstić information content (AvgIpc) is 3.57. The summed E-state index contributed by atoms with van der Waals surface area (Å²) in [6.45, 7) is 4.92. The Kier molecular flexibility index (Phi) is 12.7. The number of halogens is 2. The molecule has 1 aliphatic carbocycles. The molecule has 55 heavy (non-hydrogen) atoms. The molecule has 0 saturated heterocycles. The second-order valence-corrected chi connectivity index (χ2v) is 14.7. The van der Waals surface area contributed by atoms with Crippen LogP contribution in [0.5, 0.6) is 11.5 Å². The zero-order valence-electron chi connectivity index (χ0n) is 31.9. The van der Waals surface area contributed by atoms with E-state index in [2.05, 4.69) is 46.5 Å². The summed E-state index contributed by atoms with van der Waals surface area (Å²) in [6.07, 6.45) is 3.96. The summed E-state index contributed by atoms with van der Waals surface area (Å²) < 4.78 is 28.4. The Hall–Kier alpha value is -5.00. The Morgan fingerprint density at radius 3 is 2.38 bits per heavy atom. The molecule has 0 fully saturated rings. The van der Waals surface area contributed by atoms with Crippen molar-refractivity contribution < 1.29 is 28.9 Å². The van der Waals surface area contributed by atoms with Crippen LogP contribution in [-0.2, 0) is 31.0 Å². The molecule has 4 aromatic carbocycles. The van der Waals surface area contributed by atoms with E-state index in [1.54, 1.807) is 30.6 Å². The maximum Gasteiger partial charge on any atom is 0.306 e. The summed E-state index contributed by atoms with van der Waals surface area (Å²) >= 11 is 6.78. The van der Waals surface area contributed by atoms with Gasteiger partial charge in [-0.3, -0.25) is 9.78 Å². The molecule has 0 spiro atoms. The van der Waals surface area contributed by atoms with E-state index in [4.69, 9.17) is 26.2 Å². The Labute approximate surface area is 327 Å². The van der Waals surface area contributed by atoms with Crippen LogP contribution >= 0.6 is 11.6 Å². The van der Waals surface area contributed by atoms with Crippen molar-refractivity contribution in [3.63, 3.8) is 0 Å². The predicted molar refractivity (Wildman–Crippen MR) is 215 cm³/mol. The quantitative estimate of drug-likeness (QED) is 0.0785. The maximum atomic E-state index is 15.8. The molecular weight excluding hydrogens is 719 g/mol. The van der Waals surface area contributed by atoms with Gasteiger partial charge in [-0.05, 0) is 110 Å². The fourth-order valence-electron chi connectivity index (χ4n) is 7.33. The van der Waals surface area contributed by atoms with Gasteiger partial charge in [0, 0.05) is 61.3 Å².